The van der Waals surface area contributed by atoms with Crippen molar-refractivity contribution in [3.8, 4) is 0 Å². The molecule has 0 heterocycles. The van der Waals surface area contributed by atoms with Crippen molar-refractivity contribution in [2.75, 3.05) is 0 Å². The first-order valence-electron chi connectivity index (χ1n) is 6.61. The van der Waals surface area contributed by atoms with E-state index >= 15 is 0 Å². The van der Waals surface area contributed by atoms with Gasteiger partial charge in [0.05, 0.1) is 0 Å². The van der Waals surface area contributed by atoms with Gasteiger partial charge in [0.1, 0.15) is 0 Å². The number of rotatable bonds is 8. The van der Waals surface area contributed by atoms with E-state index in [1.807, 2.05) is 0 Å². The Bertz CT molecular complexity index is 129. The Morgan fingerprint density at radius 2 is 1.50 bits per heavy atom. The van der Waals surface area contributed by atoms with Crippen molar-refractivity contribution in [2.24, 2.45) is 0 Å². The summed E-state index contributed by atoms with van der Waals surface area (Å²) in [6.45, 7) is 2.30. The third kappa shape index (κ3) is 8.53. The van der Waals surface area contributed by atoms with Crippen molar-refractivity contribution in [2.45, 2.75) is 57.9 Å². The second-order valence-corrected chi connectivity index (χ2v) is 5.19. The first kappa shape index (κ1) is 16.4. The van der Waals surface area contributed by atoms with Crippen LogP contribution in [0.2, 0.25) is 18.9 Å². The molecule has 0 amide bonds. The SMILES string of the molecule is [Li][CH2]C[CH]([Li])[CH]([Li])CCC[CH]([Li])CC. The minimum absolute atomic E-state index is 0.928. The van der Waals surface area contributed by atoms with Crippen molar-refractivity contribution >= 4 is 70.9 Å². The first-order valence-corrected chi connectivity index (χ1v) is 6.61. The van der Waals surface area contributed by atoms with Crippen LogP contribution in [-0.2, 0) is 0 Å². The van der Waals surface area contributed by atoms with E-state index in [-0.39, 0.29) is 0 Å². The Morgan fingerprint density at radius 1 is 0.929 bits per heavy atom. The van der Waals surface area contributed by atoms with Crippen LogP contribution in [-0.4, -0.2) is 70.9 Å². The molecule has 14 heavy (non-hydrogen) atoms. The van der Waals surface area contributed by atoms with Gasteiger partial charge in [0, 0.05) is 0 Å². The van der Waals surface area contributed by atoms with Crippen LogP contribution in [0.4, 0.5) is 0 Å². The third-order valence-corrected chi connectivity index (χ3v) is 3.77. The summed E-state index contributed by atoms with van der Waals surface area (Å²) in [5.41, 5.74) is 0. The maximum absolute atomic E-state index is 2.43. The Kier molecular flexibility index (Phi) is 12.3. The molecule has 0 rings (SSSR count). The summed E-state index contributed by atoms with van der Waals surface area (Å²) < 4.78 is 2.79. The van der Waals surface area contributed by atoms with Gasteiger partial charge in [-0.25, -0.2) is 0 Å². The van der Waals surface area contributed by atoms with E-state index in [1.54, 1.807) is 0 Å². The molecular weight excluding hydrogens is 148 g/mol. The van der Waals surface area contributed by atoms with Gasteiger partial charge in [-0.1, -0.05) is 0 Å². The van der Waals surface area contributed by atoms with E-state index in [0.717, 1.165) is 13.8 Å². The molecule has 0 aromatic carbocycles. The maximum atomic E-state index is 2.43. The molecule has 0 aliphatic heterocycles. The van der Waals surface area contributed by atoms with Crippen LogP contribution < -0.4 is 0 Å². The van der Waals surface area contributed by atoms with Gasteiger partial charge in [-0.15, -0.1) is 0 Å². The summed E-state index contributed by atoms with van der Waals surface area (Å²) in [6.07, 6.45) is 7.05. The molecule has 62 valence electrons. The zero-order valence-corrected chi connectivity index (χ0v) is 11.0. The molecule has 0 spiro atoms. The van der Waals surface area contributed by atoms with Crippen LogP contribution in [0.25, 0.3) is 0 Å². The van der Waals surface area contributed by atoms with E-state index in [9.17, 15) is 0 Å². The van der Waals surface area contributed by atoms with Crippen LogP contribution in [0.3, 0.4) is 0 Å². The molecule has 0 aromatic heterocycles. The van der Waals surface area contributed by atoms with Gasteiger partial charge in [-0.3, -0.25) is 0 Å². The number of hydrogen-bond donors (Lipinski definition) is 0. The molecule has 0 aromatic rings. The van der Waals surface area contributed by atoms with Crippen LogP contribution in [0.1, 0.15) is 39.0 Å². The molecule has 0 N–H and O–H groups in total. The fraction of sp³-hybridized carbons (Fsp3) is 1.00. The molecule has 0 saturated heterocycles. The van der Waals surface area contributed by atoms with Crippen LogP contribution in [0, 0.1) is 0 Å². The Labute approximate surface area is 127 Å². The molecule has 0 saturated carbocycles. The van der Waals surface area contributed by atoms with E-state index < -0.39 is 0 Å². The standard InChI is InChI=1S/C10H18.4Li/c1-3-5-7-9-10-8-6-4-2;;;;/h5-7H,1,3-4,8-10H2,2H3;;;;. The summed E-state index contributed by atoms with van der Waals surface area (Å²) in [4.78, 5) is 0. The van der Waals surface area contributed by atoms with Crippen LogP contribution >= 0.6 is 0 Å². The van der Waals surface area contributed by atoms with E-state index in [0.29, 0.717) is 0 Å². The van der Waals surface area contributed by atoms with Crippen LogP contribution in [0.5, 0.6) is 0 Å². The average molecular weight is 166 g/mol. The number of hydrogen-bond acceptors (Lipinski definition) is 0. The molecule has 0 radical (unpaired) electrons. The molecule has 0 nitrogen and oxygen atoms in total. The molecule has 4 heteroatoms. The van der Waals surface area contributed by atoms with Gasteiger partial charge in [-0.05, 0) is 0 Å². The summed E-state index contributed by atoms with van der Waals surface area (Å²) in [7, 11) is 0. The van der Waals surface area contributed by atoms with Crippen molar-refractivity contribution in [1.82, 2.24) is 0 Å². The minimum atomic E-state index is 0.928. The molecule has 0 bridgehead atoms. The van der Waals surface area contributed by atoms with Crippen molar-refractivity contribution in [3.05, 3.63) is 0 Å². The van der Waals surface area contributed by atoms with Gasteiger partial charge in [0.2, 0.25) is 0 Å². The second kappa shape index (κ2) is 10.5. The summed E-state index contributed by atoms with van der Waals surface area (Å²) in [5, 5.41) is 1.34. The van der Waals surface area contributed by atoms with Crippen molar-refractivity contribution in [1.29, 1.82) is 0 Å². The third-order valence-electron chi connectivity index (χ3n) is 3.77. The van der Waals surface area contributed by atoms with Crippen molar-refractivity contribution in [3.63, 3.8) is 0 Å². The summed E-state index contributed by atoms with van der Waals surface area (Å²) in [6, 6.07) is 0. The molecule has 0 aliphatic carbocycles. The molecule has 3 atom stereocenters. The molecular formula is C10H18Li4. The first-order chi connectivity index (χ1) is 6.61. The predicted octanol–water partition coefficient (Wildman–Crippen LogP) is 2.41. The second-order valence-electron chi connectivity index (χ2n) is 5.19. The average Bonchev–Trinajstić information content (AvgIpc) is 2.17. The summed E-state index contributed by atoms with van der Waals surface area (Å²) >= 11 is 9.51. The fourth-order valence-corrected chi connectivity index (χ4v) is 2.02. The molecule has 0 fully saturated rings. The summed E-state index contributed by atoms with van der Waals surface area (Å²) in [5.74, 6) is 0. The topological polar surface area (TPSA) is 0 Å². The molecule has 0 aliphatic rings. The van der Waals surface area contributed by atoms with Gasteiger partial charge < -0.3 is 0 Å². The van der Waals surface area contributed by atoms with Gasteiger partial charge in [-0.2, -0.15) is 0 Å². The Morgan fingerprint density at radius 3 is 2.00 bits per heavy atom. The zero-order valence-electron chi connectivity index (χ0n) is 11.0. The normalized spacial score (nSPS) is 18.1. The van der Waals surface area contributed by atoms with E-state index in [4.69, 9.17) is 0 Å². The monoisotopic (exact) mass is 166 g/mol. The quantitative estimate of drug-likeness (QED) is 0.485. The molecule has 3 unspecified atom stereocenters. The Balaban J connectivity index is 3.47. The Hall–Kier alpha value is 2.39. The van der Waals surface area contributed by atoms with Gasteiger partial charge in [0.15, 0.2) is 0 Å². The fourth-order valence-electron chi connectivity index (χ4n) is 2.02. The van der Waals surface area contributed by atoms with Gasteiger partial charge >= 0.3 is 129 Å². The van der Waals surface area contributed by atoms with Crippen molar-refractivity contribution < 1.29 is 0 Å². The van der Waals surface area contributed by atoms with Gasteiger partial charge in [0.25, 0.3) is 0 Å². The van der Waals surface area contributed by atoms with Crippen LogP contribution in [0.15, 0.2) is 0 Å². The zero-order chi connectivity index (χ0) is 11.0. The van der Waals surface area contributed by atoms with E-state index in [2.05, 4.69) is 77.8 Å². The van der Waals surface area contributed by atoms with E-state index in [1.165, 1.54) is 37.2 Å². The predicted molar refractivity (Wildman–Crippen MR) is 67.8 cm³/mol.